The maximum Gasteiger partial charge on any atom is 0.241 e. The van der Waals surface area contributed by atoms with Crippen molar-refractivity contribution in [2.45, 2.75) is 6.92 Å². The number of pyridine rings is 1. The largest absolute Gasteiger partial charge is 0.308 e. The fourth-order valence-corrected chi connectivity index (χ4v) is 1.85. The van der Waals surface area contributed by atoms with Crippen LogP contribution in [0, 0.1) is 18.3 Å². The van der Waals surface area contributed by atoms with Crippen molar-refractivity contribution >= 4 is 11.6 Å². The summed E-state index contributed by atoms with van der Waals surface area (Å²) in [6, 6.07) is 5.86. The summed E-state index contributed by atoms with van der Waals surface area (Å²) in [6.45, 7) is 3.88. The van der Waals surface area contributed by atoms with Crippen molar-refractivity contribution in [3.05, 3.63) is 24.0 Å². The van der Waals surface area contributed by atoms with Gasteiger partial charge in [0, 0.05) is 18.8 Å². The number of hydrogen-bond donors (Lipinski definition) is 0. The lowest BCUT2D eigenvalue weighted by Crippen LogP contribution is -2.50. The molecule has 1 fully saturated rings. The van der Waals surface area contributed by atoms with Crippen molar-refractivity contribution in [2.75, 3.05) is 31.1 Å². The van der Waals surface area contributed by atoms with E-state index in [9.17, 15) is 4.79 Å². The fourth-order valence-electron chi connectivity index (χ4n) is 1.85. The van der Waals surface area contributed by atoms with Crippen molar-refractivity contribution < 1.29 is 4.79 Å². The van der Waals surface area contributed by atoms with Crippen LogP contribution in [0.4, 0.5) is 5.69 Å². The molecule has 1 aliphatic heterocycles. The molecule has 0 N–H and O–H groups in total. The summed E-state index contributed by atoms with van der Waals surface area (Å²) >= 11 is 0. The van der Waals surface area contributed by atoms with Gasteiger partial charge in [-0.05, 0) is 19.1 Å². The van der Waals surface area contributed by atoms with Gasteiger partial charge in [0.1, 0.15) is 0 Å². The molecule has 1 aromatic rings. The molecule has 0 spiro atoms. The van der Waals surface area contributed by atoms with Gasteiger partial charge in [-0.15, -0.1) is 0 Å². The van der Waals surface area contributed by atoms with Crippen LogP contribution in [-0.2, 0) is 4.79 Å². The molecule has 0 aliphatic carbocycles. The van der Waals surface area contributed by atoms with Gasteiger partial charge >= 0.3 is 0 Å². The molecule has 0 aromatic carbocycles. The minimum absolute atomic E-state index is 0.0251. The number of anilines is 1. The number of aromatic nitrogens is 1. The second-order valence-electron chi connectivity index (χ2n) is 4.07. The Balaban J connectivity index is 2.07. The Kier molecular flexibility index (Phi) is 3.35. The second-order valence-corrected chi connectivity index (χ2v) is 4.07. The molecule has 1 amide bonds. The number of hydrogen-bond acceptors (Lipinski definition) is 4. The van der Waals surface area contributed by atoms with Gasteiger partial charge in [-0.2, -0.15) is 5.26 Å². The fraction of sp³-hybridized carbons (Fsp3) is 0.417. The molecule has 2 rings (SSSR count). The summed E-state index contributed by atoms with van der Waals surface area (Å²) in [7, 11) is 0. The van der Waals surface area contributed by atoms with E-state index < -0.39 is 0 Å². The lowest BCUT2D eigenvalue weighted by Gasteiger charge is -2.32. The first-order valence-corrected chi connectivity index (χ1v) is 5.53. The van der Waals surface area contributed by atoms with E-state index in [0.29, 0.717) is 19.6 Å². The van der Waals surface area contributed by atoms with Gasteiger partial charge < -0.3 is 4.90 Å². The number of carbonyl (C=O) groups is 1. The van der Waals surface area contributed by atoms with Crippen LogP contribution in [0.15, 0.2) is 18.3 Å². The number of piperazine rings is 1. The van der Waals surface area contributed by atoms with Gasteiger partial charge in [-0.1, -0.05) is 0 Å². The van der Waals surface area contributed by atoms with Crippen LogP contribution < -0.4 is 4.90 Å². The van der Waals surface area contributed by atoms with Crippen LogP contribution in [-0.4, -0.2) is 42.0 Å². The predicted molar refractivity (Wildman–Crippen MR) is 63.4 cm³/mol. The third-order valence-corrected chi connectivity index (χ3v) is 2.80. The summed E-state index contributed by atoms with van der Waals surface area (Å²) in [4.78, 5) is 19.7. The maximum absolute atomic E-state index is 11.9. The van der Waals surface area contributed by atoms with Crippen molar-refractivity contribution in [3.8, 4) is 6.07 Å². The van der Waals surface area contributed by atoms with Crippen LogP contribution in [0.3, 0.4) is 0 Å². The Bertz CT molecular complexity index is 449. The van der Waals surface area contributed by atoms with E-state index in [4.69, 9.17) is 5.26 Å². The standard InChI is InChI=1S/C12H14N4O/c1-10-2-3-11(8-14-10)16-7-6-15(5-4-13)9-12(16)17/h2-3,8H,5-7,9H2,1H3. The normalized spacial score (nSPS) is 16.9. The monoisotopic (exact) mass is 230 g/mol. The number of amides is 1. The molecular formula is C12H14N4O. The van der Waals surface area contributed by atoms with E-state index in [2.05, 4.69) is 11.1 Å². The van der Waals surface area contributed by atoms with Gasteiger partial charge in [-0.25, -0.2) is 0 Å². The highest BCUT2D eigenvalue weighted by molar-refractivity contribution is 5.95. The molecule has 2 heterocycles. The number of carbonyl (C=O) groups excluding carboxylic acids is 1. The highest BCUT2D eigenvalue weighted by Gasteiger charge is 2.24. The molecule has 1 saturated heterocycles. The summed E-state index contributed by atoms with van der Waals surface area (Å²) in [5, 5.41) is 8.59. The van der Waals surface area contributed by atoms with Crippen LogP contribution in [0.5, 0.6) is 0 Å². The van der Waals surface area contributed by atoms with E-state index >= 15 is 0 Å². The molecule has 0 atom stereocenters. The van der Waals surface area contributed by atoms with Crippen molar-refractivity contribution in [2.24, 2.45) is 0 Å². The Morgan fingerprint density at radius 2 is 2.29 bits per heavy atom. The molecule has 5 heteroatoms. The summed E-state index contributed by atoms with van der Waals surface area (Å²) in [5.41, 5.74) is 1.77. The van der Waals surface area contributed by atoms with Crippen LogP contribution in [0.1, 0.15) is 5.69 Å². The van der Waals surface area contributed by atoms with E-state index in [1.165, 1.54) is 0 Å². The third kappa shape index (κ3) is 2.60. The van der Waals surface area contributed by atoms with Crippen molar-refractivity contribution in [3.63, 3.8) is 0 Å². The van der Waals surface area contributed by atoms with E-state index in [1.807, 2.05) is 24.0 Å². The SMILES string of the molecule is Cc1ccc(N2CCN(CC#N)CC2=O)cn1. The first-order chi connectivity index (χ1) is 8.20. The minimum Gasteiger partial charge on any atom is -0.308 e. The van der Waals surface area contributed by atoms with E-state index in [-0.39, 0.29) is 5.91 Å². The van der Waals surface area contributed by atoms with Crippen LogP contribution >= 0.6 is 0 Å². The second kappa shape index (κ2) is 4.93. The average molecular weight is 230 g/mol. The van der Waals surface area contributed by atoms with Gasteiger partial charge in [0.25, 0.3) is 0 Å². The Hall–Kier alpha value is -1.93. The quantitative estimate of drug-likeness (QED) is 0.697. The first-order valence-electron chi connectivity index (χ1n) is 5.53. The summed E-state index contributed by atoms with van der Waals surface area (Å²) in [6.07, 6.45) is 1.72. The Morgan fingerprint density at radius 1 is 1.47 bits per heavy atom. The smallest absolute Gasteiger partial charge is 0.241 e. The molecule has 0 bridgehead atoms. The van der Waals surface area contributed by atoms with E-state index in [0.717, 1.165) is 17.9 Å². The number of rotatable bonds is 2. The molecule has 5 nitrogen and oxygen atoms in total. The molecule has 1 aliphatic rings. The number of nitrogens with zero attached hydrogens (tertiary/aromatic N) is 4. The Labute approximate surface area is 100 Å². The topological polar surface area (TPSA) is 60.2 Å². The predicted octanol–water partition coefficient (Wildman–Crippen LogP) is 0.562. The highest BCUT2D eigenvalue weighted by Crippen LogP contribution is 2.16. The first kappa shape index (κ1) is 11.6. The lowest BCUT2D eigenvalue weighted by atomic mass is 10.2. The highest BCUT2D eigenvalue weighted by atomic mass is 16.2. The lowest BCUT2D eigenvalue weighted by molar-refractivity contribution is -0.121. The third-order valence-electron chi connectivity index (χ3n) is 2.80. The van der Waals surface area contributed by atoms with Gasteiger partial charge in [0.15, 0.2) is 0 Å². The minimum atomic E-state index is 0.0251. The summed E-state index contributed by atoms with van der Waals surface area (Å²) in [5.74, 6) is 0.0251. The molecular weight excluding hydrogens is 216 g/mol. The van der Waals surface area contributed by atoms with E-state index in [1.54, 1.807) is 11.1 Å². The molecule has 0 saturated carbocycles. The van der Waals surface area contributed by atoms with Gasteiger partial charge in [-0.3, -0.25) is 14.7 Å². The Morgan fingerprint density at radius 3 is 2.88 bits per heavy atom. The molecule has 88 valence electrons. The zero-order valence-corrected chi connectivity index (χ0v) is 9.76. The van der Waals surface area contributed by atoms with Gasteiger partial charge in [0.2, 0.25) is 5.91 Å². The van der Waals surface area contributed by atoms with Gasteiger partial charge in [0.05, 0.1) is 31.0 Å². The number of aryl methyl sites for hydroxylation is 1. The zero-order chi connectivity index (χ0) is 12.3. The molecule has 1 aromatic heterocycles. The van der Waals surface area contributed by atoms with Crippen molar-refractivity contribution in [1.82, 2.24) is 9.88 Å². The van der Waals surface area contributed by atoms with Crippen molar-refractivity contribution in [1.29, 1.82) is 5.26 Å². The van der Waals surface area contributed by atoms with Crippen LogP contribution in [0.2, 0.25) is 0 Å². The summed E-state index contributed by atoms with van der Waals surface area (Å²) < 4.78 is 0. The molecule has 0 unspecified atom stereocenters. The average Bonchev–Trinajstić information content (AvgIpc) is 2.31. The molecule has 17 heavy (non-hydrogen) atoms. The zero-order valence-electron chi connectivity index (χ0n) is 9.76. The molecule has 0 radical (unpaired) electrons. The van der Waals surface area contributed by atoms with Crippen LogP contribution in [0.25, 0.3) is 0 Å². The maximum atomic E-state index is 11.9. The number of nitriles is 1.